The predicted octanol–water partition coefficient (Wildman–Crippen LogP) is 4.60. The van der Waals surface area contributed by atoms with E-state index in [2.05, 4.69) is 41.5 Å². The number of nitrogens with zero attached hydrogens (tertiary/aromatic N) is 4. The molecule has 0 bridgehead atoms. The summed E-state index contributed by atoms with van der Waals surface area (Å²) >= 11 is 0. The van der Waals surface area contributed by atoms with E-state index in [0.29, 0.717) is 18.8 Å². The normalized spacial score (nSPS) is 19.1. The lowest BCUT2D eigenvalue weighted by molar-refractivity contribution is 0.137. The van der Waals surface area contributed by atoms with Gasteiger partial charge in [-0.15, -0.1) is 24.8 Å². The van der Waals surface area contributed by atoms with Crippen LogP contribution in [0, 0.1) is 0 Å². The Bertz CT molecular complexity index is 979. The van der Waals surface area contributed by atoms with Crippen LogP contribution < -0.4 is 10.6 Å². The van der Waals surface area contributed by atoms with Crippen LogP contribution in [0.1, 0.15) is 33.6 Å². The first-order chi connectivity index (χ1) is 13.3. The van der Waals surface area contributed by atoms with Crippen LogP contribution in [0.15, 0.2) is 36.8 Å². The zero-order chi connectivity index (χ0) is 19.8. The van der Waals surface area contributed by atoms with Gasteiger partial charge in [-0.05, 0) is 58.4 Å². The molecule has 9 heteroatoms. The number of fused-ring (bicyclic) bond motifs is 1. The van der Waals surface area contributed by atoms with Crippen molar-refractivity contribution in [1.29, 1.82) is 0 Å². The smallest absolute Gasteiger partial charge is 0.140 e. The quantitative estimate of drug-likeness (QED) is 0.602. The van der Waals surface area contributed by atoms with Gasteiger partial charge in [-0.1, -0.05) is 0 Å². The van der Waals surface area contributed by atoms with Crippen LogP contribution in [-0.4, -0.2) is 45.1 Å². The molecule has 6 nitrogen and oxygen atoms in total. The Morgan fingerprint density at radius 1 is 1.30 bits per heavy atom. The molecule has 0 amide bonds. The molecule has 0 unspecified atom stereocenters. The summed E-state index contributed by atoms with van der Waals surface area (Å²) in [5, 5.41) is 11.8. The average molecular weight is 455 g/mol. The lowest BCUT2D eigenvalue weighted by Gasteiger charge is -2.30. The molecule has 164 valence electrons. The van der Waals surface area contributed by atoms with Gasteiger partial charge in [0.05, 0.1) is 29.5 Å². The fraction of sp³-hybridized carbons (Fsp3) is 0.476. The molecule has 2 N–H and O–H groups in total. The van der Waals surface area contributed by atoms with Crippen molar-refractivity contribution in [1.82, 2.24) is 25.1 Å². The van der Waals surface area contributed by atoms with Crippen molar-refractivity contribution in [3.8, 4) is 11.3 Å². The summed E-state index contributed by atoms with van der Waals surface area (Å²) in [7, 11) is 0. The second-order valence-electron chi connectivity index (χ2n) is 8.56. The maximum atomic E-state index is 15.0. The minimum Gasteiger partial charge on any atom is -0.366 e. The third-order valence-corrected chi connectivity index (χ3v) is 5.16. The molecular formula is C21H29Cl2FN6. The lowest BCUT2D eigenvalue weighted by atomic mass is 9.96. The topological polar surface area (TPSA) is 67.7 Å². The maximum Gasteiger partial charge on any atom is 0.140 e. The SMILES string of the molecule is CC(C)(C)n1cc(-c2cc3ncccc3c(NC[C@@]3(F)CCCNC3)n2)cn1.Cl.Cl. The Kier molecular flexibility index (Phi) is 7.66. The molecule has 0 aliphatic carbocycles. The fourth-order valence-electron chi connectivity index (χ4n) is 3.50. The van der Waals surface area contributed by atoms with Crippen molar-refractivity contribution < 1.29 is 4.39 Å². The zero-order valence-corrected chi connectivity index (χ0v) is 19.1. The van der Waals surface area contributed by atoms with Gasteiger partial charge in [0.1, 0.15) is 11.5 Å². The van der Waals surface area contributed by atoms with Gasteiger partial charge in [0.15, 0.2) is 0 Å². The summed E-state index contributed by atoms with van der Waals surface area (Å²) in [5.41, 5.74) is 1.15. The van der Waals surface area contributed by atoms with Crippen LogP contribution in [0.3, 0.4) is 0 Å². The van der Waals surface area contributed by atoms with Gasteiger partial charge in [-0.25, -0.2) is 9.37 Å². The van der Waals surface area contributed by atoms with Gasteiger partial charge < -0.3 is 10.6 Å². The highest BCUT2D eigenvalue weighted by Crippen LogP contribution is 2.29. The van der Waals surface area contributed by atoms with E-state index in [1.165, 1.54) is 0 Å². The monoisotopic (exact) mass is 454 g/mol. The second kappa shape index (κ2) is 9.45. The highest BCUT2D eigenvalue weighted by atomic mass is 35.5. The molecular weight excluding hydrogens is 426 g/mol. The standard InChI is InChI=1S/C21H27FN6.2ClH/c1-20(2,3)28-12-15(11-26-28)17-10-18-16(6-4-9-24-18)19(27-17)25-14-21(22)7-5-8-23-13-21;;/h4,6,9-12,23H,5,7-8,13-14H2,1-3H3,(H,25,27);2*1H/t21-;;/m1../s1. The van der Waals surface area contributed by atoms with Crippen molar-refractivity contribution in [3.63, 3.8) is 0 Å². The van der Waals surface area contributed by atoms with E-state index in [1.807, 2.05) is 35.3 Å². The average Bonchev–Trinajstić information content (AvgIpc) is 3.17. The lowest BCUT2D eigenvalue weighted by Crippen LogP contribution is -2.46. The summed E-state index contributed by atoms with van der Waals surface area (Å²) < 4.78 is 17.0. The zero-order valence-electron chi connectivity index (χ0n) is 17.5. The fourth-order valence-corrected chi connectivity index (χ4v) is 3.50. The van der Waals surface area contributed by atoms with Gasteiger partial charge >= 0.3 is 0 Å². The summed E-state index contributed by atoms with van der Waals surface area (Å²) in [4.78, 5) is 9.27. The van der Waals surface area contributed by atoms with Crippen LogP contribution in [-0.2, 0) is 5.54 Å². The van der Waals surface area contributed by atoms with Gasteiger partial charge in [-0.3, -0.25) is 9.67 Å². The molecule has 1 aliphatic rings. The summed E-state index contributed by atoms with van der Waals surface area (Å²) in [6.07, 6.45) is 6.97. The van der Waals surface area contributed by atoms with Gasteiger partial charge in [0, 0.05) is 29.9 Å². The number of hydrogen-bond acceptors (Lipinski definition) is 5. The Labute approximate surface area is 188 Å². The number of halogens is 3. The first-order valence-electron chi connectivity index (χ1n) is 9.79. The molecule has 0 radical (unpaired) electrons. The van der Waals surface area contributed by atoms with Crippen molar-refractivity contribution >= 4 is 41.5 Å². The van der Waals surface area contributed by atoms with E-state index in [1.54, 1.807) is 6.20 Å². The van der Waals surface area contributed by atoms with E-state index in [0.717, 1.165) is 35.1 Å². The first-order valence-corrected chi connectivity index (χ1v) is 9.79. The minimum absolute atomic E-state index is 0. The second-order valence-corrected chi connectivity index (χ2v) is 8.56. The number of nitrogens with one attached hydrogen (secondary N) is 2. The Balaban J connectivity index is 0.00000160. The molecule has 0 saturated carbocycles. The molecule has 4 heterocycles. The van der Waals surface area contributed by atoms with Crippen LogP contribution in [0.5, 0.6) is 0 Å². The molecule has 3 aromatic heterocycles. The van der Waals surface area contributed by atoms with Crippen molar-refractivity contribution in [3.05, 3.63) is 36.8 Å². The Morgan fingerprint density at radius 3 is 2.77 bits per heavy atom. The van der Waals surface area contributed by atoms with Crippen LogP contribution >= 0.6 is 24.8 Å². The highest BCUT2D eigenvalue weighted by Gasteiger charge is 2.31. The largest absolute Gasteiger partial charge is 0.366 e. The van der Waals surface area contributed by atoms with E-state index in [-0.39, 0.29) is 36.9 Å². The van der Waals surface area contributed by atoms with Crippen molar-refractivity contribution in [2.75, 3.05) is 25.0 Å². The number of piperidine rings is 1. The van der Waals surface area contributed by atoms with Crippen LogP contribution in [0.4, 0.5) is 10.2 Å². The van der Waals surface area contributed by atoms with Crippen LogP contribution in [0.25, 0.3) is 22.2 Å². The molecule has 30 heavy (non-hydrogen) atoms. The van der Waals surface area contributed by atoms with E-state index >= 15 is 4.39 Å². The molecule has 1 aliphatic heterocycles. The van der Waals surface area contributed by atoms with E-state index < -0.39 is 5.67 Å². The summed E-state index contributed by atoms with van der Waals surface area (Å²) in [5.74, 6) is 0.659. The molecule has 1 atom stereocenters. The number of hydrogen-bond donors (Lipinski definition) is 2. The number of aromatic nitrogens is 4. The number of anilines is 1. The van der Waals surface area contributed by atoms with Crippen LogP contribution in [0.2, 0.25) is 0 Å². The summed E-state index contributed by atoms with van der Waals surface area (Å²) in [6, 6.07) is 5.79. The van der Waals surface area contributed by atoms with Gasteiger partial charge in [-0.2, -0.15) is 5.10 Å². The Morgan fingerprint density at radius 2 is 2.10 bits per heavy atom. The first kappa shape index (κ1) is 24.3. The third kappa shape index (κ3) is 5.20. The number of alkyl halides is 1. The molecule has 4 rings (SSSR count). The van der Waals surface area contributed by atoms with Gasteiger partial charge in [0.2, 0.25) is 0 Å². The third-order valence-electron chi connectivity index (χ3n) is 5.16. The highest BCUT2D eigenvalue weighted by molar-refractivity contribution is 5.91. The molecule has 0 spiro atoms. The molecule has 1 saturated heterocycles. The molecule has 0 aromatic carbocycles. The van der Waals surface area contributed by atoms with E-state index in [4.69, 9.17) is 4.98 Å². The molecule has 3 aromatic rings. The minimum atomic E-state index is -1.26. The van der Waals surface area contributed by atoms with E-state index in [9.17, 15) is 0 Å². The Hall–Kier alpha value is -1.96. The van der Waals surface area contributed by atoms with Crippen molar-refractivity contribution in [2.45, 2.75) is 44.8 Å². The summed E-state index contributed by atoms with van der Waals surface area (Å²) in [6.45, 7) is 7.78. The number of rotatable bonds is 4. The number of pyridine rings is 2. The maximum absolute atomic E-state index is 15.0. The predicted molar refractivity (Wildman–Crippen MR) is 125 cm³/mol. The van der Waals surface area contributed by atoms with Gasteiger partial charge in [0.25, 0.3) is 0 Å². The van der Waals surface area contributed by atoms with Crippen molar-refractivity contribution in [2.24, 2.45) is 0 Å². The molecule has 1 fully saturated rings.